The average molecular weight is 222 g/mol. The van der Waals surface area contributed by atoms with Crippen molar-refractivity contribution >= 4 is 32.2 Å². The Morgan fingerprint density at radius 1 is 1.18 bits per heavy atom. The molecule has 0 unspecified atom stereocenters. The largest absolute Gasteiger partial charge is 0.390 e. The molecule has 1 aromatic heterocycles. The maximum atomic E-state index is 4.10. The molecule has 0 bridgehead atoms. The van der Waals surface area contributed by atoms with E-state index in [1.807, 2.05) is 38.5 Å². The minimum atomic E-state index is 0.960. The Morgan fingerprint density at radius 2 is 1.88 bits per heavy atom. The molecule has 0 saturated carbocycles. The van der Waals surface area contributed by atoms with Gasteiger partial charge in [-0.15, -0.1) is 0 Å². The van der Waals surface area contributed by atoms with Gasteiger partial charge in [0, 0.05) is 16.6 Å². The van der Waals surface area contributed by atoms with Gasteiger partial charge in [0.15, 0.2) is 0 Å². The molecule has 1 nitrogen and oxygen atoms in total. The Labute approximate surface area is 104 Å². The maximum Gasteiger partial charge on any atom is 0.249 e. The van der Waals surface area contributed by atoms with Crippen LogP contribution in [0.15, 0.2) is 38.0 Å². The van der Waals surface area contributed by atoms with Crippen molar-refractivity contribution in [2.45, 2.75) is 6.82 Å². The van der Waals surface area contributed by atoms with Gasteiger partial charge in [0.25, 0.3) is 0 Å². The summed E-state index contributed by atoms with van der Waals surface area (Å²) in [7, 11) is 2.00. The van der Waals surface area contributed by atoms with Gasteiger partial charge >= 0.3 is 0 Å². The third-order valence-electron chi connectivity index (χ3n) is 2.56. The minimum absolute atomic E-state index is 0.960. The van der Waals surface area contributed by atoms with Crippen molar-refractivity contribution in [3.05, 3.63) is 59.8 Å². The van der Waals surface area contributed by atoms with Crippen LogP contribution in [0.5, 0.6) is 0 Å². The van der Waals surface area contributed by atoms with Crippen LogP contribution in [0.4, 0.5) is 0 Å². The molecule has 0 N–H and O–H groups in total. The summed E-state index contributed by atoms with van der Waals surface area (Å²) in [5, 5.41) is 1.99. The topological polar surface area (TPSA) is 4.93 Å². The van der Waals surface area contributed by atoms with Crippen molar-refractivity contribution in [3.63, 3.8) is 0 Å². The Kier molecular flexibility index (Phi) is 4.59. The zero-order valence-corrected chi connectivity index (χ0v) is 10.3. The summed E-state index contributed by atoms with van der Waals surface area (Å²) in [6.45, 7) is 17.3. The molecule has 2 heteroatoms. The lowest BCUT2D eigenvalue weighted by molar-refractivity contribution is 1.15. The van der Waals surface area contributed by atoms with Gasteiger partial charge in [0.05, 0.1) is 0 Å². The van der Waals surface area contributed by atoms with Gasteiger partial charge in [-0.1, -0.05) is 57.4 Å². The van der Waals surface area contributed by atoms with Gasteiger partial charge in [-0.3, -0.25) is 0 Å². The quantitative estimate of drug-likeness (QED) is 0.531. The molecular weight excluding hydrogens is 205 g/mol. The Balaban J connectivity index is 3.73. The van der Waals surface area contributed by atoms with Gasteiger partial charge in [-0.05, 0) is 17.4 Å². The molecule has 1 radical (unpaired) electrons. The van der Waals surface area contributed by atoms with Crippen LogP contribution in [-0.4, -0.2) is 11.9 Å². The van der Waals surface area contributed by atoms with E-state index in [0.717, 1.165) is 21.8 Å². The zero-order valence-electron chi connectivity index (χ0n) is 10.3. The van der Waals surface area contributed by atoms with E-state index < -0.39 is 0 Å². The van der Waals surface area contributed by atoms with Crippen LogP contribution < -0.4 is 10.6 Å². The van der Waals surface area contributed by atoms with Gasteiger partial charge in [-0.25, -0.2) is 0 Å². The highest BCUT2D eigenvalue weighted by Gasteiger charge is 2.07. The second kappa shape index (κ2) is 5.95. The summed E-state index contributed by atoms with van der Waals surface area (Å²) in [4.78, 5) is 0. The first kappa shape index (κ1) is 13.1. The van der Waals surface area contributed by atoms with Gasteiger partial charge < -0.3 is 4.48 Å². The summed E-state index contributed by atoms with van der Waals surface area (Å²) in [5.41, 5.74) is 2.09. The smallest absolute Gasteiger partial charge is 0.249 e. The van der Waals surface area contributed by atoms with Crippen LogP contribution in [0.2, 0.25) is 6.82 Å². The number of aromatic nitrogens is 1. The number of hydrogen-bond acceptors (Lipinski definition) is 0. The highest BCUT2D eigenvalue weighted by molar-refractivity contribution is 6.32. The van der Waals surface area contributed by atoms with E-state index in [0.29, 0.717) is 0 Å². The lowest BCUT2D eigenvalue weighted by atomic mass is 9.98. The third-order valence-corrected chi connectivity index (χ3v) is 2.56. The Morgan fingerprint density at radius 3 is 2.35 bits per heavy atom. The standard InChI is InChI=1S/C15H17BN/c1-6-9-11-15-13(8-3)12(4)14(10-7-2)17(15)16-5/h6-11H,1-4H2,5H3/b11-9-,14-10+. The number of allylic oxidation sites excluding steroid dienone is 3. The molecule has 0 aromatic carbocycles. The highest BCUT2D eigenvalue weighted by Crippen LogP contribution is 2.06. The second-order valence-electron chi connectivity index (χ2n) is 3.49. The maximum absolute atomic E-state index is 4.10. The number of hydrogen-bond donors (Lipinski definition) is 0. The van der Waals surface area contributed by atoms with Crippen molar-refractivity contribution in [2.24, 2.45) is 0 Å². The number of rotatable bonds is 5. The van der Waals surface area contributed by atoms with E-state index in [-0.39, 0.29) is 0 Å². The monoisotopic (exact) mass is 222 g/mol. The fraction of sp³-hybridized carbons (Fsp3) is 0.0667. The number of nitrogens with zero attached hydrogens (tertiary/aromatic N) is 1. The molecule has 0 saturated heterocycles. The average Bonchev–Trinajstić information content (AvgIpc) is 2.59. The first-order chi connectivity index (χ1) is 8.21. The molecule has 0 aliphatic carbocycles. The molecule has 0 atom stereocenters. The fourth-order valence-electron chi connectivity index (χ4n) is 1.83. The van der Waals surface area contributed by atoms with Crippen molar-refractivity contribution in [2.75, 3.05) is 0 Å². The molecule has 1 aromatic rings. The molecule has 1 heterocycles. The highest BCUT2D eigenvalue weighted by atomic mass is 14.9. The summed E-state index contributed by atoms with van der Waals surface area (Å²) in [6.07, 6.45) is 11.2. The van der Waals surface area contributed by atoms with E-state index in [9.17, 15) is 0 Å². The predicted molar refractivity (Wildman–Crippen MR) is 80.2 cm³/mol. The normalized spacial score (nSPS) is 11.7. The Hall–Kier alpha value is -1.96. The van der Waals surface area contributed by atoms with Gasteiger partial charge in [-0.2, -0.15) is 0 Å². The van der Waals surface area contributed by atoms with Crippen LogP contribution in [0, 0.1) is 0 Å². The van der Waals surface area contributed by atoms with Gasteiger partial charge in [0.1, 0.15) is 0 Å². The van der Waals surface area contributed by atoms with Crippen molar-refractivity contribution in [3.8, 4) is 0 Å². The van der Waals surface area contributed by atoms with Crippen LogP contribution in [0.1, 0.15) is 11.3 Å². The first-order valence-corrected chi connectivity index (χ1v) is 5.48. The lowest BCUT2D eigenvalue weighted by Gasteiger charge is -2.02. The minimum Gasteiger partial charge on any atom is -0.390 e. The third kappa shape index (κ3) is 2.42. The van der Waals surface area contributed by atoms with Crippen LogP contribution in [0.3, 0.4) is 0 Å². The van der Waals surface area contributed by atoms with Crippen molar-refractivity contribution < 1.29 is 0 Å². The van der Waals surface area contributed by atoms with E-state index in [2.05, 4.69) is 30.8 Å². The molecule has 0 amide bonds. The zero-order chi connectivity index (χ0) is 12.8. The van der Waals surface area contributed by atoms with E-state index >= 15 is 0 Å². The molecule has 1 rings (SSSR count). The van der Waals surface area contributed by atoms with Crippen molar-refractivity contribution in [1.29, 1.82) is 0 Å². The molecule has 0 aliphatic heterocycles. The van der Waals surface area contributed by atoms with Crippen LogP contribution in [0.25, 0.3) is 24.8 Å². The molecule has 0 fully saturated rings. The summed E-state index contributed by atoms with van der Waals surface area (Å²) in [6, 6.07) is 0. The lowest BCUT2D eigenvalue weighted by Crippen LogP contribution is -2.30. The molecule has 85 valence electrons. The second-order valence-corrected chi connectivity index (χ2v) is 3.49. The van der Waals surface area contributed by atoms with Gasteiger partial charge in [0.2, 0.25) is 7.41 Å². The van der Waals surface area contributed by atoms with E-state index in [1.165, 1.54) is 0 Å². The molecule has 0 spiro atoms. The first-order valence-electron chi connectivity index (χ1n) is 5.48. The van der Waals surface area contributed by atoms with Crippen LogP contribution in [-0.2, 0) is 0 Å². The van der Waals surface area contributed by atoms with E-state index in [1.54, 1.807) is 12.2 Å². The van der Waals surface area contributed by atoms with Crippen molar-refractivity contribution in [1.82, 2.24) is 4.48 Å². The fourth-order valence-corrected chi connectivity index (χ4v) is 1.83. The predicted octanol–water partition coefficient (Wildman–Crippen LogP) is 2.22. The Bertz CT molecular complexity index is 573. The summed E-state index contributed by atoms with van der Waals surface area (Å²) in [5.74, 6) is 0. The summed E-state index contributed by atoms with van der Waals surface area (Å²) < 4.78 is 2.07. The van der Waals surface area contributed by atoms with E-state index in [4.69, 9.17) is 0 Å². The molecular formula is C15H17BN. The SMILES string of the molecule is C=C/C=C\c1c(C=C)c(=C)/c(=C\C=C)n1[B]C. The summed E-state index contributed by atoms with van der Waals surface area (Å²) >= 11 is 0. The van der Waals surface area contributed by atoms with Crippen LogP contribution >= 0.6 is 0 Å². The molecule has 17 heavy (non-hydrogen) atoms. The molecule has 0 aliphatic rings.